The first kappa shape index (κ1) is 17.2. The number of carbonyl (C=O) groups excluding carboxylic acids is 1. The summed E-state index contributed by atoms with van der Waals surface area (Å²) in [7, 11) is 0. The molecular weight excluding hydrogens is 382 g/mol. The zero-order valence-corrected chi connectivity index (χ0v) is 15.6. The van der Waals surface area contributed by atoms with E-state index in [4.69, 9.17) is 4.74 Å². The van der Waals surface area contributed by atoms with Gasteiger partial charge in [-0.15, -0.1) is 0 Å². The lowest BCUT2D eigenvalue weighted by Gasteiger charge is -2.10. The number of aryl methyl sites for hydroxylation is 2. The molecule has 0 radical (unpaired) electrons. The third-order valence-corrected chi connectivity index (χ3v) is 4.34. The van der Waals surface area contributed by atoms with Crippen LogP contribution in [0.2, 0.25) is 0 Å². The summed E-state index contributed by atoms with van der Waals surface area (Å²) in [5.74, 6) is 0.455. The molecular formula is C19H18BrN3O2. The van der Waals surface area contributed by atoms with Crippen LogP contribution in [0.1, 0.15) is 16.8 Å². The van der Waals surface area contributed by atoms with Crippen molar-refractivity contribution in [3.05, 3.63) is 69.8 Å². The lowest BCUT2D eigenvalue weighted by Crippen LogP contribution is -2.14. The Kier molecular flexibility index (Phi) is 5.19. The Bertz CT molecular complexity index is 891. The van der Waals surface area contributed by atoms with E-state index in [-0.39, 0.29) is 6.61 Å². The van der Waals surface area contributed by atoms with E-state index in [0.29, 0.717) is 5.82 Å². The maximum absolute atomic E-state index is 12.1. The summed E-state index contributed by atoms with van der Waals surface area (Å²) in [4.78, 5) is 12.1. The predicted molar refractivity (Wildman–Crippen MR) is 101 cm³/mol. The standard InChI is InChI=1S/C19H18BrN3O2/c1-12-8-9-15(20)10-16(12)17-13(2)22-23-18(17)21-19(24)25-11-14-6-4-3-5-7-14/h3-10H,11H2,1-2H3,(H2,21,22,23,24). The second-order valence-electron chi connectivity index (χ2n) is 5.72. The van der Waals surface area contributed by atoms with Crippen LogP contribution in [0.15, 0.2) is 53.0 Å². The highest BCUT2D eigenvalue weighted by molar-refractivity contribution is 9.10. The molecule has 0 atom stereocenters. The molecule has 0 fully saturated rings. The third kappa shape index (κ3) is 4.09. The van der Waals surface area contributed by atoms with Gasteiger partial charge in [0.05, 0.1) is 0 Å². The molecule has 0 bridgehead atoms. The third-order valence-electron chi connectivity index (χ3n) is 3.85. The van der Waals surface area contributed by atoms with Crippen molar-refractivity contribution in [3.63, 3.8) is 0 Å². The van der Waals surface area contributed by atoms with E-state index in [1.165, 1.54) is 0 Å². The number of aromatic nitrogens is 2. The molecule has 0 saturated heterocycles. The predicted octanol–water partition coefficient (Wildman–Crippen LogP) is 5.20. The largest absolute Gasteiger partial charge is 0.444 e. The summed E-state index contributed by atoms with van der Waals surface area (Å²) >= 11 is 3.49. The van der Waals surface area contributed by atoms with Crippen molar-refractivity contribution in [2.75, 3.05) is 5.32 Å². The monoisotopic (exact) mass is 399 g/mol. The van der Waals surface area contributed by atoms with Crippen LogP contribution in [-0.4, -0.2) is 16.3 Å². The van der Waals surface area contributed by atoms with E-state index >= 15 is 0 Å². The number of nitrogens with zero attached hydrogens (tertiary/aromatic N) is 1. The van der Waals surface area contributed by atoms with Crippen molar-refractivity contribution < 1.29 is 9.53 Å². The topological polar surface area (TPSA) is 67.0 Å². The number of aromatic amines is 1. The van der Waals surface area contributed by atoms with Gasteiger partial charge in [0, 0.05) is 15.7 Å². The van der Waals surface area contributed by atoms with Crippen LogP contribution in [0.25, 0.3) is 11.1 Å². The number of rotatable bonds is 4. The number of halogens is 1. The van der Waals surface area contributed by atoms with E-state index in [1.807, 2.05) is 62.4 Å². The van der Waals surface area contributed by atoms with Crippen LogP contribution in [0.4, 0.5) is 10.6 Å². The molecule has 0 aliphatic carbocycles. The molecule has 2 N–H and O–H groups in total. The van der Waals surface area contributed by atoms with Gasteiger partial charge in [-0.3, -0.25) is 10.4 Å². The number of anilines is 1. The number of nitrogens with one attached hydrogen (secondary N) is 2. The summed E-state index contributed by atoms with van der Waals surface area (Å²) < 4.78 is 6.24. The fraction of sp³-hybridized carbons (Fsp3) is 0.158. The van der Waals surface area contributed by atoms with Gasteiger partial charge < -0.3 is 4.74 Å². The maximum Gasteiger partial charge on any atom is 0.413 e. The maximum atomic E-state index is 12.1. The number of H-pyrrole nitrogens is 1. The quantitative estimate of drug-likeness (QED) is 0.632. The molecule has 0 spiro atoms. The Labute approximate surface area is 154 Å². The van der Waals surface area contributed by atoms with Crippen molar-refractivity contribution in [1.82, 2.24) is 10.2 Å². The number of carbonyl (C=O) groups is 1. The Morgan fingerprint density at radius 3 is 2.72 bits per heavy atom. The van der Waals surface area contributed by atoms with Gasteiger partial charge in [0.2, 0.25) is 0 Å². The molecule has 1 amide bonds. The Morgan fingerprint density at radius 2 is 1.96 bits per heavy atom. The molecule has 5 nitrogen and oxygen atoms in total. The first-order valence-corrected chi connectivity index (χ1v) is 8.63. The fourth-order valence-corrected chi connectivity index (χ4v) is 2.93. The molecule has 0 aliphatic heterocycles. The van der Waals surface area contributed by atoms with E-state index in [2.05, 4.69) is 31.4 Å². The van der Waals surface area contributed by atoms with E-state index in [9.17, 15) is 4.79 Å². The van der Waals surface area contributed by atoms with Crippen molar-refractivity contribution in [3.8, 4) is 11.1 Å². The second kappa shape index (κ2) is 7.53. The van der Waals surface area contributed by atoms with Crippen LogP contribution in [-0.2, 0) is 11.3 Å². The summed E-state index contributed by atoms with van der Waals surface area (Å²) in [5, 5.41) is 9.86. The average molecular weight is 400 g/mol. The molecule has 128 valence electrons. The molecule has 0 saturated carbocycles. The average Bonchev–Trinajstić information content (AvgIpc) is 2.96. The van der Waals surface area contributed by atoms with Crippen molar-refractivity contribution in [2.24, 2.45) is 0 Å². The molecule has 25 heavy (non-hydrogen) atoms. The van der Waals surface area contributed by atoms with Crippen molar-refractivity contribution in [2.45, 2.75) is 20.5 Å². The van der Waals surface area contributed by atoms with E-state index in [1.54, 1.807) is 0 Å². The summed E-state index contributed by atoms with van der Waals surface area (Å²) in [6, 6.07) is 15.5. The smallest absolute Gasteiger partial charge is 0.413 e. The summed E-state index contributed by atoms with van der Waals surface area (Å²) in [5.41, 5.74) is 4.75. The summed E-state index contributed by atoms with van der Waals surface area (Å²) in [6.45, 7) is 4.15. The van der Waals surface area contributed by atoms with Gasteiger partial charge >= 0.3 is 6.09 Å². The van der Waals surface area contributed by atoms with Gasteiger partial charge in [-0.2, -0.15) is 5.10 Å². The molecule has 0 unspecified atom stereocenters. The van der Waals surface area contributed by atoms with Crippen LogP contribution >= 0.6 is 15.9 Å². The normalized spacial score (nSPS) is 10.5. The van der Waals surface area contributed by atoms with Gasteiger partial charge in [-0.1, -0.05) is 52.3 Å². The van der Waals surface area contributed by atoms with Gasteiger partial charge in [-0.25, -0.2) is 4.79 Å². The van der Waals surface area contributed by atoms with Crippen LogP contribution in [0.3, 0.4) is 0 Å². The van der Waals surface area contributed by atoms with Gasteiger partial charge in [-0.05, 0) is 42.7 Å². The minimum Gasteiger partial charge on any atom is -0.444 e. The Balaban J connectivity index is 1.77. The number of hydrogen-bond acceptors (Lipinski definition) is 3. The highest BCUT2D eigenvalue weighted by Crippen LogP contribution is 2.33. The molecule has 3 rings (SSSR count). The van der Waals surface area contributed by atoms with Gasteiger partial charge in [0.25, 0.3) is 0 Å². The lowest BCUT2D eigenvalue weighted by molar-refractivity contribution is 0.155. The minimum absolute atomic E-state index is 0.210. The Hall–Kier alpha value is -2.60. The molecule has 2 aromatic carbocycles. The van der Waals surface area contributed by atoms with Crippen molar-refractivity contribution >= 4 is 27.8 Å². The Morgan fingerprint density at radius 1 is 1.20 bits per heavy atom. The number of amides is 1. The first-order chi connectivity index (χ1) is 12.0. The van der Waals surface area contributed by atoms with E-state index in [0.717, 1.165) is 32.4 Å². The fourth-order valence-electron chi connectivity index (χ4n) is 2.57. The number of benzene rings is 2. The zero-order chi connectivity index (χ0) is 17.8. The summed E-state index contributed by atoms with van der Waals surface area (Å²) in [6.07, 6.45) is -0.538. The highest BCUT2D eigenvalue weighted by atomic mass is 79.9. The minimum atomic E-state index is -0.538. The van der Waals surface area contributed by atoms with Crippen LogP contribution < -0.4 is 5.32 Å². The SMILES string of the molecule is Cc1ccc(Br)cc1-c1c(NC(=O)OCc2ccccc2)n[nH]c1C. The number of hydrogen-bond donors (Lipinski definition) is 2. The molecule has 0 aliphatic rings. The molecule has 6 heteroatoms. The zero-order valence-electron chi connectivity index (χ0n) is 14.0. The first-order valence-electron chi connectivity index (χ1n) is 7.84. The molecule has 1 heterocycles. The highest BCUT2D eigenvalue weighted by Gasteiger charge is 2.17. The lowest BCUT2D eigenvalue weighted by atomic mass is 10.0. The number of ether oxygens (including phenoxy) is 1. The molecule has 3 aromatic rings. The van der Waals surface area contributed by atoms with Gasteiger partial charge in [0.1, 0.15) is 6.61 Å². The molecule has 1 aromatic heterocycles. The van der Waals surface area contributed by atoms with Crippen LogP contribution in [0, 0.1) is 13.8 Å². The van der Waals surface area contributed by atoms with Crippen LogP contribution in [0.5, 0.6) is 0 Å². The van der Waals surface area contributed by atoms with Crippen molar-refractivity contribution in [1.29, 1.82) is 0 Å². The van der Waals surface area contributed by atoms with E-state index < -0.39 is 6.09 Å². The second-order valence-corrected chi connectivity index (χ2v) is 6.63. The van der Waals surface area contributed by atoms with Gasteiger partial charge in [0.15, 0.2) is 5.82 Å².